The van der Waals surface area contributed by atoms with E-state index in [0.717, 1.165) is 5.88 Å². The summed E-state index contributed by atoms with van der Waals surface area (Å²) < 4.78 is 0. The van der Waals surface area contributed by atoms with Gasteiger partial charge in [-0.3, -0.25) is 0 Å². The van der Waals surface area contributed by atoms with Crippen molar-refractivity contribution in [3.63, 3.8) is 0 Å². The van der Waals surface area contributed by atoms with Crippen molar-refractivity contribution in [3.05, 3.63) is 0 Å². The highest BCUT2D eigenvalue weighted by Gasteiger charge is 2.23. The summed E-state index contributed by atoms with van der Waals surface area (Å²) >= 11 is 6.06. The maximum absolute atomic E-state index is 6.06. The molecule has 86 valence electrons. The van der Waals surface area contributed by atoms with Crippen molar-refractivity contribution in [1.82, 2.24) is 0 Å². The molecule has 0 aliphatic carbocycles. The Morgan fingerprint density at radius 1 is 0.857 bits per heavy atom. The second-order valence-corrected chi connectivity index (χ2v) is 4.77. The van der Waals surface area contributed by atoms with Crippen molar-refractivity contribution in [3.8, 4) is 0 Å². The highest BCUT2D eigenvalue weighted by Crippen LogP contribution is 2.34. The van der Waals surface area contributed by atoms with Gasteiger partial charge in [0.05, 0.1) is 0 Å². The van der Waals surface area contributed by atoms with E-state index in [0.29, 0.717) is 5.41 Å². The average Bonchev–Trinajstić information content (AvgIpc) is 2.24. The molecule has 0 bridgehead atoms. The summed E-state index contributed by atoms with van der Waals surface area (Å²) in [6.45, 7) is 6.82. The maximum atomic E-state index is 6.06. The van der Waals surface area contributed by atoms with Gasteiger partial charge in [0.25, 0.3) is 0 Å². The Bertz CT molecular complexity index is 108. The largest absolute Gasteiger partial charge is 0.126 e. The van der Waals surface area contributed by atoms with Crippen LogP contribution in [0.5, 0.6) is 0 Å². The first-order valence-corrected chi connectivity index (χ1v) is 6.84. The SMILES string of the molecule is CCCCCCCC(CC)(CC)CCl. The molecular formula is C13H27Cl. The van der Waals surface area contributed by atoms with Gasteiger partial charge >= 0.3 is 0 Å². The van der Waals surface area contributed by atoms with Crippen molar-refractivity contribution in [1.29, 1.82) is 0 Å². The summed E-state index contributed by atoms with van der Waals surface area (Å²) in [5.74, 6) is 0.841. The van der Waals surface area contributed by atoms with Crippen LogP contribution < -0.4 is 0 Å². The molecule has 0 spiro atoms. The lowest BCUT2D eigenvalue weighted by molar-refractivity contribution is 0.267. The molecule has 0 rings (SSSR count). The second kappa shape index (κ2) is 8.59. The lowest BCUT2D eigenvalue weighted by Gasteiger charge is -2.29. The lowest BCUT2D eigenvalue weighted by Crippen LogP contribution is -2.20. The van der Waals surface area contributed by atoms with Crippen molar-refractivity contribution in [2.75, 3.05) is 5.88 Å². The van der Waals surface area contributed by atoms with Crippen LogP contribution in [0.15, 0.2) is 0 Å². The average molecular weight is 219 g/mol. The molecule has 0 saturated carbocycles. The highest BCUT2D eigenvalue weighted by atomic mass is 35.5. The quantitative estimate of drug-likeness (QED) is 0.360. The molecule has 0 radical (unpaired) electrons. The number of hydrogen-bond acceptors (Lipinski definition) is 0. The summed E-state index contributed by atoms with van der Waals surface area (Å²) in [6.07, 6.45) is 10.7. The fourth-order valence-corrected chi connectivity index (χ4v) is 2.47. The van der Waals surface area contributed by atoms with Crippen molar-refractivity contribution >= 4 is 11.6 Å². The topological polar surface area (TPSA) is 0 Å². The van der Waals surface area contributed by atoms with Crippen LogP contribution in [-0.4, -0.2) is 5.88 Å². The van der Waals surface area contributed by atoms with Crippen LogP contribution in [0.3, 0.4) is 0 Å². The third-order valence-electron chi connectivity index (χ3n) is 3.59. The third kappa shape index (κ3) is 5.24. The van der Waals surface area contributed by atoms with Crippen LogP contribution in [0.4, 0.5) is 0 Å². The molecule has 0 aromatic heterocycles. The first-order chi connectivity index (χ1) is 6.74. The molecule has 0 saturated heterocycles. The minimum Gasteiger partial charge on any atom is -0.126 e. The van der Waals surface area contributed by atoms with E-state index in [9.17, 15) is 0 Å². The van der Waals surface area contributed by atoms with Gasteiger partial charge in [-0.05, 0) is 24.7 Å². The van der Waals surface area contributed by atoms with Crippen LogP contribution >= 0.6 is 11.6 Å². The molecule has 0 aromatic rings. The highest BCUT2D eigenvalue weighted by molar-refractivity contribution is 6.18. The molecule has 0 fully saturated rings. The van der Waals surface area contributed by atoms with E-state index in [2.05, 4.69) is 20.8 Å². The molecule has 0 aliphatic rings. The summed E-state index contributed by atoms with van der Waals surface area (Å²) in [4.78, 5) is 0. The zero-order valence-corrected chi connectivity index (χ0v) is 11.0. The molecule has 0 heterocycles. The number of rotatable bonds is 9. The minimum atomic E-state index is 0.438. The van der Waals surface area contributed by atoms with Gasteiger partial charge in [0.15, 0.2) is 0 Å². The molecule has 0 amide bonds. The van der Waals surface area contributed by atoms with Gasteiger partial charge in [0.2, 0.25) is 0 Å². The van der Waals surface area contributed by atoms with Crippen molar-refractivity contribution in [2.24, 2.45) is 5.41 Å². The normalized spacial score (nSPS) is 12.0. The van der Waals surface area contributed by atoms with Crippen molar-refractivity contribution in [2.45, 2.75) is 72.1 Å². The fourth-order valence-electron chi connectivity index (χ4n) is 1.96. The second-order valence-electron chi connectivity index (χ2n) is 4.50. The Hall–Kier alpha value is 0.290. The van der Waals surface area contributed by atoms with E-state index in [4.69, 9.17) is 11.6 Å². The number of alkyl halides is 1. The Morgan fingerprint density at radius 2 is 1.43 bits per heavy atom. The molecule has 0 N–H and O–H groups in total. The number of unbranched alkanes of at least 4 members (excludes halogenated alkanes) is 4. The monoisotopic (exact) mass is 218 g/mol. The number of hydrogen-bond donors (Lipinski definition) is 0. The van der Waals surface area contributed by atoms with Crippen LogP contribution in [0.1, 0.15) is 72.1 Å². The van der Waals surface area contributed by atoms with E-state index < -0.39 is 0 Å². The summed E-state index contributed by atoms with van der Waals surface area (Å²) in [6, 6.07) is 0. The third-order valence-corrected chi connectivity index (χ3v) is 4.16. The number of halogens is 1. The summed E-state index contributed by atoms with van der Waals surface area (Å²) in [7, 11) is 0. The zero-order chi connectivity index (χ0) is 10.9. The lowest BCUT2D eigenvalue weighted by atomic mass is 9.79. The van der Waals surface area contributed by atoms with Gasteiger partial charge in [-0.1, -0.05) is 52.9 Å². The van der Waals surface area contributed by atoms with E-state index in [-0.39, 0.29) is 0 Å². The Labute approximate surface area is 95.4 Å². The van der Waals surface area contributed by atoms with Crippen LogP contribution in [0.25, 0.3) is 0 Å². The van der Waals surface area contributed by atoms with E-state index in [1.54, 1.807) is 0 Å². The molecule has 0 atom stereocenters. The van der Waals surface area contributed by atoms with Gasteiger partial charge in [-0.2, -0.15) is 0 Å². The zero-order valence-electron chi connectivity index (χ0n) is 10.2. The van der Waals surface area contributed by atoms with Crippen LogP contribution in [0, 0.1) is 5.41 Å². The van der Waals surface area contributed by atoms with Gasteiger partial charge in [-0.15, -0.1) is 11.6 Å². The fraction of sp³-hybridized carbons (Fsp3) is 1.00. The van der Waals surface area contributed by atoms with Crippen LogP contribution in [0.2, 0.25) is 0 Å². The summed E-state index contributed by atoms with van der Waals surface area (Å²) in [5, 5.41) is 0. The Balaban J connectivity index is 3.61. The van der Waals surface area contributed by atoms with Gasteiger partial charge < -0.3 is 0 Å². The standard InChI is InChI=1S/C13H27Cl/c1-4-7-8-9-10-11-13(5-2,6-3)12-14/h4-12H2,1-3H3. The Kier molecular flexibility index (Phi) is 8.76. The smallest absolute Gasteiger partial charge is 0.0279 e. The predicted octanol–water partition coefficient (Wildman–Crippen LogP) is 5.39. The van der Waals surface area contributed by atoms with Crippen molar-refractivity contribution < 1.29 is 0 Å². The Morgan fingerprint density at radius 3 is 1.86 bits per heavy atom. The van der Waals surface area contributed by atoms with E-state index in [1.165, 1.54) is 51.4 Å². The molecule has 0 aromatic carbocycles. The molecular weight excluding hydrogens is 192 g/mol. The first kappa shape index (κ1) is 14.3. The molecule has 0 nitrogen and oxygen atoms in total. The molecule has 14 heavy (non-hydrogen) atoms. The summed E-state index contributed by atoms with van der Waals surface area (Å²) in [5.41, 5.74) is 0.438. The maximum Gasteiger partial charge on any atom is 0.0279 e. The van der Waals surface area contributed by atoms with E-state index >= 15 is 0 Å². The molecule has 0 unspecified atom stereocenters. The minimum absolute atomic E-state index is 0.438. The van der Waals surface area contributed by atoms with Gasteiger partial charge in [0.1, 0.15) is 0 Å². The van der Waals surface area contributed by atoms with E-state index in [1.807, 2.05) is 0 Å². The predicted molar refractivity (Wildman–Crippen MR) is 67.1 cm³/mol. The van der Waals surface area contributed by atoms with Gasteiger partial charge in [-0.25, -0.2) is 0 Å². The molecule has 1 heteroatoms. The first-order valence-electron chi connectivity index (χ1n) is 6.30. The van der Waals surface area contributed by atoms with Crippen LogP contribution in [-0.2, 0) is 0 Å². The van der Waals surface area contributed by atoms with Gasteiger partial charge in [0, 0.05) is 5.88 Å². The molecule has 0 aliphatic heterocycles.